The number of rotatable bonds is 3. The molecule has 4 heteroatoms. The SMILES string of the molecule is C=C1C(I)=CC(c2ccccc2)=C(c2c(F)cccc2F)N1CC.CC. The van der Waals surface area contributed by atoms with Gasteiger partial charge in [0.2, 0.25) is 0 Å². The highest BCUT2D eigenvalue weighted by molar-refractivity contribution is 14.1. The van der Waals surface area contributed by atoms with Crippen molar-refractivity contribution in [3.8, 4) is 0 Å². The number of benzene rings is 2. The Kier molecular flexibility index (Phi) is 7.14. The van der Waals surface area contributed by atoms with Crippen LogP contribution in [0.5, 0.6) is 0 Å². The van der Waals surface area contributed by atoms with Crippen LogP contribution in [0.4, 0.5) is 8.78 Å². The fraction of sp³-hybridized carbons (Fsp3) is 0.182. The zero-order chi connectivity index (χ0) is 19.3. The molecule has 0 aromatic heterocycles. The van der Waals surface area contributed by atoms with Crippen molar-refractivity contribution in [3.05, 3.63) is 93.2 Å². The lowest BCUT2D eigenvalue weighted by Crippen LogP contribution is -2.25. The van der Waals surface area contributed by atoms with E-state index >= 15 is 0 Å². The predicted molar refractivity (Wildman–Crippen MR) is 115 cm³/mol. The molecule has 3 rings (SSSR count). The highest BCUT2D eigenvalue weighted by atomic mass is 127. The van der Waals surface area contributed by atoms with Gasteiger partial charge in [-0.25, -0.2) is 8.78 Å². The van der Waals surface area contributed by atoms with Gasteiger partial charge in [0.05, 0.1) is 11.3 Å². The van der Waals surface area contributed by atoms with Crippen molar-refractivity contribution in [1.82, 2.24) is 4.90 Å². The molecule has 1 nitrogen and oxygen atoms in total. The summed E-state index contributed by atoms with van der Waals surface area (Å²) < 4.78 is 30.0. The van der Waals surface area contributed by atoms with Gasteiger partial charge in [-0.1, -0.05) is 56.8 Å². The van der Waals surface area contributed by atoms with Crippen LogP contribution in [0.2, 0.25) is 0 Å². The minimum absolute atomic E-state index is 0.0143. The maximum atomic E-state index is 14.5. The molecule has 26 heavy (non-hydrogen) atoms. The first-order valence-electron chi connectivity index (χ1n) is 8.62. The van der Waals surface area contributed by atoms with Gasteiger partial charge < -0.3 is 4.90 Å². The number of hydrogen-bond donors (Lipinski definition) is 0. The lowest BCUT2D eigenvalue weighted by atomic mass is 9.94. The maximum Gasteiger partial charge on any atom is 0.135 e. The zero-order valence-corrected chi connectivity index (χ0v) is 17.3. The molecule has 0 radical (unpaired) electrons. The van der Waals surface area contributed by atoms with Crippen LogP contribution in [-0.4, -0.2) is 11.4 Å². The number of likely N-dealkylation sites (N-methyl/N-ethyl adjacent to an activating group) is 1. The smallest absolute Gasteiger partial charge is 0.135 e. The largest absolute Gasteiger partial charge is 0.340 e. The van der Waals surface area contributed by atoms with Crippen molar-refractivity contribution in [2.24, 2.45) is 0 Å². The fourth-order valence-corrected chi connectivity index (χ4v) is 3.47. The van der Waals surface area contributed by atoms with E-state index in [2.05, 4.69) is 29.2 Å². The standard InChI is InChI=1S/C20H16F2IN.C2H6/c1-3-24-13(2)18(23)12-15(14-8-5-4-6-9-14)20(24)19-16(21)10-7-11-17(19)22;1-2/h4-12H,2-3H2,1H3;1-2H3. The quantitative estimate of drug-likeness (QED) is 0.440. The Bertz CT molecular complexity index is 833. The first-order valence-corrected chi connectivity index (χ1v) is 9.70. The molecule has 1 aliphatic heterocycles. The van der Waals surface area contributed by atoms with E-state index in [1.54, 1.807) is 0 Å². The minimum atomic E-state index is -0.574. The molecule has 0 bridgehead atoms. The number of nitrogens with zero attached hydrogens (tertiary/aromatic N) is 1. The first-order chi connectivity index (χ1) is 12.5. The highest BCUT2D eigenvalue weighted by Crippen LogP contribution is 2.42. The van der Waals surface area contributed by atoms with Crippen LogP contribution >= 0.6 is 22.6 Å². The normalized spacial score (nSPS) is 14.0. The van der Waals surface area contributed by atoms with Crippen LogP contribution in [0.3, 0.4) is 0 Å². The molecular weight excluding hydrogens is 443 g/mol. The summed E-state index contributed by atoms with van der Waals surface area (Å²) in [4.78, 5) is 1.87. The fourth-order valence-electron chi connectivity index (χ4n) is 2.87. The highest BCUT2D eigenvalue weighted by Gasteiger charge is 2.28. The van der Waals surface area contributed by atoms with Crippen LogP contribution in [0.25, 0.3) is 11.3 Å². The Morgan fingerprint density at radius 3 is 2.08 bits per heavy atom. The van der Waals surface area contributed by atoms with Gasteiger partial charge in [0.15, 0.2) is 0 Å². The summed E-state index contributed by atoms with van der Waals surface area (Å²) in [6.07, 6.45) is 1.94. The summed E-state index contributed by atoms with van der Waals surface area (Å²) >= 11 is 2.21. The van der Waals surface area contributed by atoms with E-state index in [4.69, 9.17) is 0 Å². The van der Waals surface area contributed by atoms with Crippen molar-refractivity contribution in [2.75, 3.05) is 6.54 Å². The summed E-state index contributed by atoms with van der Waals surface area (Å²) in [5.41, 5.74) is 2.95. The molecule has 0 fully saturated rings. The van der Waals surface area contributed by atoms with E-state index in [1.165, 1.54) is 18.2 Å². The Morgan fingerprint density at radius 1 is 0.962 bits per heavy atom. The van der Waals surface area contributed by atoms with Gasteiger partial charge in [-0.15, -0.1) is 0 Å². The summed E-state index contributed by atoms with van der Waals surface area (Å²) in [5, 5.41) is 0. The van der Waals surface area contributed by atoms with Crippen LogP contribution in [0, 0.1) is 11.6 Å². The average molecular weight is 465 g/mol. The van der Waals surface area contributed by atoms with Gasteiger partial charge in [0.1, 0.15) is 11.6 Å². The van der Waals surface area contributed by atoms with E-state index in [-0.39, 0.29) is 5.56 Å². The van der Waals surface area contributed by atoms with Gasteiger partial charge in [0, 0.05) is 21.4 Å². The summed E-state index contributed by atoms with van der Waals surface area (Å²) in [7, 11) is 0. The summed E-state index contributed by atoms with van der Waals surface area (Å²) in [6.45, 7) is 10.6. The molecule has 2 aromatic carbocycles. The van der Waals surface area contributed by atoms with Crippen molar-refractivity contribution in [2.45, 2.75) is 20.8 Å². The number of hydrogen-bond acceptors (Lipinski definition) is 1. The first kappa shape index (κ1) is 20.4. The maximum absolute atomic E-state index is 14.5. The zero-order valence-electron chi connectivity index (χ0n) is 15.2. The molecule has 0 spiro atoms. The monoisotopic (exact) mass is 465 g/mol. The predicted octanol–water partition coefficient (Wildman–Crippen LogP) is 7.03. The third-order valence-electron chi connectivity index (χ3n) is 4.00. The Hall–Kier alpha value is -1.95. The van der Waals surface area contributed by atoms with E-state index < -0.39 is 11.6 Å². The van der Waals surface area contributed by atoms with E-state index in [9.17, 15) is 8.78 Å². The molecule has 136 valence electrons. The lowest BCUT2D eigenvalue weighted by Gasteiger charge is -2.34. The van der Waals surface area contributed by atoms with Gasteiger partial charge in [-0.05, 0) is 53.3 Å². The van der Waals surface area contributed by atoms with Crippen molar-refractivity contribution < 1.29 is 8.78 Å². The molecule has 0 amide bonds. The molecule has 0 saturated heterocycles. The van der Waals surface area contributed by atoms with Gasteiger partial charge in [-0.3, -0.25) is 0 Å². The molecular formula is C22H22F2IN. The molecule has 0 unspecified atom stereocenters. The third-order valence-corrected chi connectivity index (χ3v) is 4.93. The minimum Gasteiger partial charge on any atom is -0.340 e. The van der Waals surface area contributed by atoms with Gasteiger partial charge >= 0.3 is 0 Å². The molecule has 0 aliphatic carbocycles. The molecule has 0 saturated carbocycles. The topological polar surface area (TPSA) is 3.24 Å². The summed E-state index contributed by atoms with van der Waals surface area (Å²) in [5.74, 6) is -1.15. The third kappa shape index (κ3) is 3.90. The molecule has 0 N–H and O–H groups in total. The van der Waals surface area contributed by atoms with Gasteiger partial charge in [0.25, 0.3) is 0 Å². The Balaban J connectivity index is 0.00000117. The van der Waals surface area contributed by atoms with Gasteiger partial charge in [-0.2, -0.15) is 0 Å². The second-order valence-corrected chi connectivity index (χ2v) is 6.57. The van der Waals surface area contributed by atoms with E-state index in [0.717, 1.165) is 20.4 Å². The summed E-state index contributed by atoms with van der Waals surface area (Å²) in [6, 6.07) is 13.6. The van der Waals surface area contributed by atoms with Crippen LogP contribution in [0.15, 0.2) is 70.5 Å². The molecule has 1 aliphatic rings. The molecule has 2 aromatic rings. The van der Waals surface area contributed by atoms with Crippen molar-refractivity contribution in [3.63, 3.8) is 0 Å². The number of allylic oxidation sites excluding steroid dienone is 3. The average Bonchev–Trinajstić information content (AvgIpc) is 2.66. The van der Waals surface area contributed by atoms with Crippen molar-refractivity contribution >= 4 is 33.9 Å². The Morgan fingerprint density at radius 2 is 1.54 bits per heavy atom. The van der Waals surface area contributed by atoms with Crippen LogP contribution in [-0.2, 0) is 0 Å². The molecule has 0 atom stereocenters. The van der Waals surface area contributed by atoms with Crippen molar-refractivity contribution in [1.29, 1.82) is 0 Å². The van der Waals surface area contributed by atoms with E-state index in [1.807, 2.05) is 62.1 Å². The molecule has 1 heterocycles. The van der Waals surface area contributed by atoms with Crippen LogP contribution < -0.4 is 0 Å². The Labute approximate surface area is 167 Å². The second kappa shape index (κ2) is 9.12. The van der Waals surface area contributed by atoms with Crippen LogP contribution in [0.1, 0.15) is 31.9 Å². The van der Waals surface area contributed by atoms with E-state index in [0.29, 0.717) is 12.2 Å². The second-order valence-electron chi connectivity index (χ2n) is 5.41. The number of halogens is 3. The lowest BCUT2D eigenvalue weighted by molar-refractivity contribution is 0.510.